The number of nitrogens with two attached hydrogens (primary N) is 1. The first-order chi connectivity index (χ1) is 11.2. The molecule has 0 amide bonds. The van der Waals surface area contributed by atoms with Crippen molar-refractivity contribution in [1.82, 2.24) is 4.57 Å². The highest BCUT2D eigenvalue weighted by molar-refractivity contribution is 5.90. The van der Waals surface area contributed by atoms with Crippen molar-refractivity contribution in [3.8, 4) is 11.5 Å². The van der Waals surface area contributed by atoms with Crippen LogP contribution in [0.4, 0.5) is 4.39 Å². The molecule has 0 bridgehead atoms. The smallest absolute Gasteiger partial charge is 0.165 e. The molecule has 0 atom stereocenters. The van der Waals surface area contributed by atoms with Gasteiger partial charge in [0.25, 0.3) is 0 Å². The Balaban J connectivity index is 1.84. The average Bonchev–Trinajstić information content (AvgIpc) is 2.91. The van der Waals surface area contributed by atoms with Gasteiger partial charge in [0.2, 0.25) is 0 Å². The molecule has 5 heteroatoms. The van der Waals surface area contributed by atoms with Gasteiger partial charge in [-0.2, -0.15) is 0 Å². The summed E-state index contributed by atoms with van der Waals surface area (Å²) >= 11 is 0. The van der Waals surface area contributed by atoms with Crippen molar-refractivity contribution in [2.75, 3.05) is 13.2 Å². The molecule has 2 aromatic carbocycles. The molecule has 0 aliphatic rings. The summed E-state index contributed by atoms with van der Waals surface area (Å²) in [6.45, 7) is 1.52. The van der Waals surface area contributed by atoms with Crippen molar-refractivity contribution in [3.63, 3.8) is 0 Å². The van der Waals surface area contributed by atoms with E-state index in [0.717, 1.165) is 16.8 Å². The van der Waals surface area contributed by atoms with Gasteiger partial charge in [-0.05, 0) is 42.8 Å². The van der Waals surface area contributed by atoms with Crippen molar-refractivity contribution in [3.05, 3.63) is 60.0 Å². The van der Waals surface area contributed by atoms with Crippen molar-refractivity contribution in [2.24, 2.45) is 5.73 Å². The van der Waals surface area contributed by atoms with Gasteiger partial charge < -0.3 is 20.1 Å². The third kappa shape index (κ3) is 3.14. The number of aromatic nitrogens is 1. The number of hydrogen-bond acceptors (Lipinski definition) is 3. The number of benzene rings is 2. The monoisotopic (exact) mass is 314 g/mol. The number of phenols is 1. The van der Waals surface area contributed by atoms with E-state index in [4.69, 9.17) is 10.5 Å². The average molecular weight is 314 g/mol. The molecule has 0 saturated carbocycles. The van der Waals surface area contributed by atoms with Gasteiger partial charge in [-0.1, -0.05) is 18.2 Å². The van der Waals surface area contributed by atoms with Crippen LogP contribution < -0.4 is 10.5 Å². The minimum Gasteiger partial charge on any atom is -0.504 e. The highest BCUT2D eigenvalue weighted by Gasteiger charge is 2.15. The summed E-state index contributed by atoms with van der Waals surface area (Å²) in [7, 11) is 0. The Morgan fingerprint density at radius 3 is 2.65 bits per heavy atom. The van der Waals surface area contributed by atoms with E-state index < -0.39 is 5.82 Å². The normalized spacial score (nSPS) is 11.0. The molecule has 1 aromatic heterocycles. The third-order valence-corrected chi connectivity index (χ3v) is 3.81. The van der Waals surface area contributed by atoms with Gasteiger partial charge in [0.1, 0.15) is 12.4 Å². The number of fused-ring (bicyclic) bond motifs is 1. The Bertz CT molecular complexity index is 800. The van der Waals surface area contributed by atoms with Crippen molar-refractivity contribution < 1.29 is 14.2 Å². The quantitative estimate of drug-likeness (QED) is 0.735. The first-order valence-corrected chi connectivity index (χ1v) is 7.58. The zero-order chi connectivity index (χ0) is 16.2. The highest BCUT2D eigenvalue weighted by atomic mass is 19.1. The van der Waals surface area contributed by atoms with E-state index in [1.165, 1.54) is 6.07 Å². The zero-order valence-electron chi connectivity index (χ0n) is 12.7. The molecule has 23 heavy (non-hydrogen) atoms. The maximum absolute atomic E-state index is 13.6. The Hall–Kier alpha value is -2.53. The third-order valence-electron chi connectivity index (χ3n) is 3.81. The highest BCUT2D eigenvalue weighted by Crippen LogP contribution is 2.32. The number of phenolic OH excluding ortho intramolecular Hbond substituents is 1. The van der Waals surface area contributed by atoms with E-state index >= 15 is 0 Å². The fourth-order valence-electron chi connectivity index (χ4n) is 2.74. The molecule has 0 aliphatic carbocycles. The molecular formula is C18H19FN2O2. The summed E-state index contributed by atoms with van der Waals surface area (Å²) in [4.78, 5) is 0. The topological polar surface area (TPSA) is 60.4 Å². The lowest BCUT2D eigenvalue weighted by Gasteiger charge is -2.08. The molecule has 3 rings (SSSR count). The number of hydrogen-bond donors (Lipinski definition) is 2. The van der Waals surface area contributed by atoms with Gasteiger partial charge in [-0.25, -0.2) is 4.39 Å². The number of aromatic hydroxyl groups is 1. The lowest BCUT2D eigenvalue weighted by Crippen LogP contribution is -2.07. The number of ether oxygens (including phenoxy) is 1. The van der Waals surface area contributed by atoms with Crippen LogP contribution in [0.2, 0.25) is 0 Å². The minimum absolute atomic E-state index is 0.311. The van der Waals surface area contributed by atoms with Gasteiger partial charge in [-0.3, -0.25) is 0 Å². The summed E-state index contributed by atoms with van der Waals surface area (Å²) in [5.41, 5.74) is 7.24. The largest absolute Gasteiger partial charge is 0.504 e. The van der Waals surface area contributed by atoms with Crippen molar-refractivity contribution in [1.29, 1.82) is 0 Å². The molecule has 0 unspecified atom stereocenters. The Labute approximate surface area is 133 Å². The molecular weight excluding hydrogens is 295 g/mol. The van der Waals surface area contributed by atoms with Crippen LogP contribution in [0, 0.1) is 5.82 Å². The lowest BCUT2D eigenvalue weighted by molar-refractivity contribution is 0.300. The van der Waals surface area contributed by atoms with Crippen LogP contribution in [0.3, 0.4) is 0 Å². The van der Waals surface area contributed by atoms with Gasteiger partial charge >= 0.3 is 0 Å². The van der Waals surface area contributed by atoms with Crippen LogP contribution in [0.25, 0.3) is 10.9 Å². The predicted molar refractivity (Wildman–Crippen MR) is 88.3 cm³/mol. The van der Waals surface area contributed by atoms with E-state index in [1.54, 1.807) is 6.07 Å². The predicted octanol–water partition coefficient (Wildman–Crippen LogP) is 3.07. The molecule has 3 N–H and O–H groups in total. The zero-order valence-corrected chi connectivity index (χ0v) is 12.7. The number of rotatable bonds is 6. The Morgan fingerprint density at radius 2 is 1.91 bits per heavy atom. The minimum atomic E-state index is -0.617. The van der Waals surface area contributed by atoms with Crippen LogP contribution in [-0.2, 0) is 13.0 Å². The summed E-state index contributed by atoms with van der Waals surface area (Å²) in [6.07, 6.45) is 2.49. The second kappa shape index (κ2) is 6.71. The first kappa shape index (κ1) is 15.4. The van der Waals surface area contributed by atoms with E-state index in [2.05, 4.69) is 0 Å². The lowest BCUT2D eigenvalue weighted by atomic mass is 10.1. The molecule has 4 nitrogen and oxygen atoms in total. The maximum atomic E-state index is 13.6. The van der Waals surface area contributed by atoms with Crippen LogP contribution in [0.5, 0.6) is 11.5 Å². The van der Waals surface area contributed by atoms with Crippen LogP contribution in [-0.4, -0.2) is 22.8 Å². The molecule has 1 heterocycles. The van der Waals surface area contributed by atoms with Crippen LogP contribution >= 0.6 is 0 Å². The van der Waals surface area contributed by atoms with Crippen molar-refractivity contribution >= 4 is 10.9 Å². The first-order valence-electron chi connectivity index (χ1n) is 7.58. The van der Waals surface area contributed by atoms with Crippen LogP contribution in [0.15, 0.2) is 48.7 Å². The van der Waals surface area contributed by atoms with E-state index in [-0.39, 0.29) is 5.75 Å². The second-order valence-corrected chi connectivity index (χ2v) is 5.34. The Kier molecular flexibility index (Phi) is 4.48. The fourth-order valence-corrected chi connectivity index (χ4v) is 2.74. The summed E-state index contributed by atoms with van der Waals surface area (Å²) in [5.74, 6) is -0.122. The second-order valence-electron chi connectivity index (χ2n) is 5.34. The number of para-hydroxylation sites is 1. The molecule has 0 spiro atoms. The maximum Gasteiger partial charge on any atom is 0.165 e. The SMILES string of the molecule is NCCc1cn(CCOc2ccccc2)c2ccc(F)c(O)c12. The van der Waals surface area contributed by atoms with E-state index in [1.807, 2.05) is 41.1 Å². The molecule has 0 radical (unpaired) electrons. The van der Waals surface area contributed by atoms with Gasteiger partial charge in [-0.15, -0.1) is 0 Å². The van der Waals surface area contributed by atoms with Gasteiger partial charge in [0.15, 0.2) is 11.6 Å². The number of halogens is 1. The number of nitrogens with zero attached hydrogens (tertiary/aromatic N) is 1. The Morgan fingerprint density at radius 1 is 1.13 bits per heavy atom. The molecule has 120 valence electrons. The summed E-state index contributed by atoms with van der Waals surface area (Å²) in [5, 5.41) is 10.6. The summed E-state index contributed by atoms with van der Waals surface area (Å²) in [6, 6.07) is 12.5. The fraction of sp³-hybridized carbons (Fsp3) is 0.222. The standard InChI is InChI=1S/C18H19FN2O2/c19-15-6-7-16-17(18(15)22)13(8-9-20)12-21(16)10-11-23-14-4-2-1-3-5-14/h1-7,12,22H,8-11,20H2. The van der Waals surface area contributed by atoms with Gasteiger partial charge in [0, 0.05) is 11.6 Å². The molecule has 3 aromatic rings. The molecule has 0 fully saturated rings. The van der Waals surface area contributed by atoms with Crippen LogP contribution in [0.1, 0.15) is 5.56 Å². The summed E-state index contributed by atoms with van der Waals surface area (Å²) < 4.78 is 21.3. The molecule has 0 saturated heterocycles. The van der Waals surface area contributed by atoms with E-state index in [0.29, 0.717) is 31.5 Å². The van der Waals surface area contributed by atoms with Crippen molar-refractivity contribution in [2.45, 2.75) is 13.0 Å². The van der Waals surface area contributed by atoms with Gasteiger partial charge in [0.05, 0.1) is 12.1 Å². The molecule has 0 aliphatic heterocycles. The van der Waals surface area contributed by atoms with E-state index in [9.17, 15) is 9.50 Å².